The number of phenols is 1. The number of hydrogen-bond donors (Lipinski definition) is 2. The van der Waals surface area contributed by atoms with Crippen LogP contribution in [0.4, 0.5) is 0 Å². The lowest BCUT2D eigenvalue weighted by Crippen LogP contribution is -2.40. The van der Waals surface area contributed by atoms with E-state index in [1.165, 1.54) is 12.8 Å². The normalized spacial score (nSPS) is 13.3. The zero-order valence-corrected chi connectivity index (χ0v) is 30.0. The lowest BCUT2D eigenvalue weighted by atomic mass is 9.79. The van der Waals surface area contributed by atoms with Crippen molar-refractivity contribution < 1.29 is 24.2 Å². The highest BCUT2D eigenvalue weighted by molar-refractivity contribution is 9.09. The number of aliphatic hydroxyl groups is 1. The summed E-state index contributed by atoms with van der Waals surface area (Å²) in [6, 6.07) is 3.54. The monoisotopic (exact) mass is 662 g/mol. The van der Waals surface area contributed by atoms with E-state index in [9.17, 15) is 15.0 Å². The van der Waals surface area contributed by atoms with E-state index in [0.717, 1.165) is 35.7 Å². The molecule has 0 fully saturated rings. The van der Waals surface area contributed by atoms with E-state index in [1.807, 2.05) is 19.1 Å². The third-order valence-corrected chi connectivity index (χ3v) is 13.2. The molecule has 0 radical (unpaired) electrons. The second-order valence-electron chi connectivity index (χ2n) is 13.3. The van der Waals surface area contributed by atoms with E-state index in [0.29, 0.717) is 25.2 Å². The van der Waals surface area contributed by atoms with Crippen LogP contribution in [0, 0.1) is 11.8 Å². The number of carbonyl (C=O) groups is 1. The molecule has 0 saturated carbocycles. The molecule has 7 heteroatoms. The Hall–Kier alpha value is -1.85. The number of unbranched alkanes of at least 4 members (excludes halogenated alkanes) is 3. The number of ether oxygens (including phenoxy) is 1. The summed E-state index contributed by atoms with van der Waals surface area (Å²) in [5, 5.41) is 22.8. The van der Waals surface area contributed by atoms with Crippen molar-refractivity contribution in [2.75, 3.05) is 18.5 Å². The molecule has 0 spiro atoms. The molecule has 1 aromatic carbocycles. The first kappa shape index (κ1) is 38.2. The van der Waals surface area contributed by atoms with Gasteiger partial charge in [0.2, 0.25) is 0 Å². The first-order chi connectivity index (χ1) is 19.6. The number of aromatic hydroxyl groups is 1. The van der Waals surface area contributed by atoms with Gasteiger partial charge in [0, 0.05) is 11.8 Å². The average Bonchev–Trinajstić information content (AvgIpc) is 2.88. The summed E-state index contributed by atoms with van der Waals surface area (Å²) in [6.07, 6.45) is 9.18. The molecule has 42 heavy (non-hydrogen) atoms. The van der Waals surface area contributed by atoms with Gasteiger partial charge >= 0.3 is 0 Å². The third kappa shape index (κ3) is 13.2. The van der Waals surface area contributed by atoms with Crippen molar-refractivity contribution in [1.82, 2.24) is 0 Å². The SMILES string of the molecule is C=CCOc1cc(C(C)(C)CCCCCCBr)cc(O)c1C(=O)CC(O)CC/C=C(\C)C#CCO[Si](C)(C)C(C)(C)C. The van der Waals surface area contributed by atoms with Crippen LogP contribution in [0.5, 0.6) is 11.5 Å². The van der Waals surface area contributed by atoms with Gasteiger partial charge in [0.1, 0.15) is 23.7 Å². The van der Waals surface area contributed by atoms with Gasteiger partial charge in [-0.3, -0.25) is 4.79 Å². The van der Waals surface area contributed by atoms with E-state index in [1.54, 1.807) is 12.1 Å². The van der Waals surface area contributed by atoms with E-state index < -0.39 is 14.4 Å². The molecular formula is C35H55BrO5Si. The Morgan fingerprint density at radius 3 is 2.43 bits per heavy atom. The first-order valence-corrected chi connectivity index (χ1v) is 19.3. The van der Waals surface area contributed by atoms with Gasteiger partial charge in [0.15, 0.2) is 14.1 Å². The average molecular weight is 664 g/mol. The Kier molecular flexibility index (Phi) is 16.4. The number of phenolic OH excluding ortho intramolecular Hbond substituents is 1. The summed E-state index contributed by atoms with van der Waals surface area (Å²) in [5.41, 5.74) is 1.76. The van der Waals surface area contributed by atoms with Gasteiger partial charge in [-0.15, -0.1) is 0 Å². The number of alkyl halides is 1. The molecule has 0 heterocycles. The maximum atomic E-state index is 13.2. The first-order valence-electron chi connectivity index (χ1n) is 15.2. The summed E-state index contributed by atoms with van der Waals surface area (Å²) in [7, 11) is -1.82. The highest BCUT2D eigenvalue weighted by atomic mass is 79.9. The molecule has 1 unspecified atom stereocenters. The molecule has 236 valence electrons. The van der Waals surface area contributed by atoms with Gasteiger partial charge in [-0.25, -0.2) is 0 Å². The van der Waals surface area contributed by atoms with Crippen LogP contribution >= 0.6 is 15.9 Å². The number of benzene rings is 1. The lowest BCUT2D eigenvalue weighted by Gasteiger charge is -2.35. The fourth-order valence-electron chi connectivity index (χ4n) is 4.26. The number of carbonyl (C=O) groups excluding carboxylic acids is 1. The Labute approximate surface area is 265 Å². The maximum Gasteiger partial charge on any atom is 0.193 e. The standard InChI is InChI=1S/C35H55BrO5Si/c1-10-22-40-32-25-28(35(6,7)20-13-11-12-14-21-36)24-30(38)33(32)31(39)26-29(37)19-15-17-27(2)18-16-23-41-42(8,9)34(3,4)5/h10,17,24-25,29,37-38H,1,11-15,19-23,26H2,2-9H3/b27-17+. The van der Waals surface area contributed by atoms with E-state index in [-0.39, 0.29) is 40.6 Å². The Morgan fingerprint density at radius 2 is 1.81 bits per heavy atom. The van der Waals surface area contributed by atoms with Crippen LogP contribution in [-0.4, -0.2) is 49.0 Å². The van der Waals surface area contributed by atoms with E-state index in [2.05, 4.69) is 82.1 Å². The van der Waals surface area contributed by atoms with Crippen LogP contribution in [0.1, 0.15) is 109 Å². The number of allylic oxidation sites excluding steroid dienone is 2. The summed E-state index contributed by atoms with van der Waals surface area (Å²) >= 11 is 3.48. The smallest absolute Gasteiger partial charge is 0.193 e. The Balaban J connectivity index is 2.85. The highest BCUT2D eigenvalue weighted by Crippen LogP contribution is 2.39. The molecular weight excluding hydrogens is 608 g/mol. The summed E-state index contributed by atoms with van der Waals surface area (Å²) < 4.78 is 11.9. The predicted molar refractivity (Wildman–Crippen MR) is 183 cm³/mol. The van der Waals surface area contributed by atoms with Gasteiger partial charge in [0.05, 0.1) is 12.7 Å². The molecule has 0 bridgehead atoms. The van der Waals surface area contributed by atoms with Crippen molar-refractivity contribution in [3.8, 4) is 23.3 Å². The summed E-state index contributed by atoms with van der Waals surface area (Å²) in [4.78, 5) is 13.2. The predicted octanol–water partition coefficient (Wildman–Crippen LogP) is 9.27. The molecule has 0 aromatic heterocycles. The minimum absolute atomic E-state index is 0.104. The second-order valence-corrected chi connectivity index (χ2v) is 18.9. The molecule has 0 aliphatic carbocycles. The zero-order valence-electron chi connectivity index (χ0n) is 27.4. The van der Waals surface area contributed by atoms with Gasteiger partial charge in [-0.05, 0) is 79.4 Å². The molecule has 1 aromatic rings. The van der Waals surface area contributed by atoms with Crippen LogP contribution in [-0.2, 0) is 9.84 Å². The largest absolute Gasteiger partial charge is 0.507 e. The Morgan fingerprint density at radius 1 is 1.14 bits per heavy atom. The molecule has 2 N–H and O–H groups in total. The van der Waals surface area contributed by atoms with Crippen LogP contribution in [0.25, 0.3) is 0 Å². The molecule has 0 saturated heterocycles. The number of ketones is 1. The number of halogens is 1. The fourth-order valence-corrected chi connectivity index (χ4v) is 5.53. The lowest BCUT2D eigenvalue weighted by molar-refractivity contribution is 0.0863. The van der Waals surface area contributed by atoms with Crippen molar-refractivity contribution >= 4 is 30.0 Å². The molecule has 0 amide bonds. The fraction of sp³-hybridized carbons (Fsp3) is 0.629. The zero-order chi connectivity index (χ0) is 32.0. The molecule has 1 atom stereocenters. The van der Waals surface area contributed by atoms with Crippen molar-refractivity contribution in [3.05, 3.63) is 47.6 Å². The Bertz CT molecular complexity index is 1100. The van der Waals surface area contributed by atoms with Crippen molar-refractivity contribution in [2.45, 2.75) is 123 Å². The minimum Gasteiger partial charge on any atom is -0.507 e. The molecule has 1 rings (SSSR count). The molecule has 0 aliphatic rings. The number of aliphatic hydroxyl groups excluding tert-OH is 1. The number of hydrogen-bond acceptors (Lipinski definition) is 5. The van der Waals surface area contributed by atoms with Crippen LogP contribution < -0.4 is 4.74 Å². The van der Waals surface area contributed by atoms with E-state index >= 15 is 0 Å². The van der Waals surface area contributed by atoms with Crippen molar-refractivity contribution in [2.24, 2.45) is 0 Å². The van der Waals surface area contributed by atoms with Gasteiger partial charge < -0.3 is 19.4 Å². The van der Waals surface area contributed by atoms with Crippen molar-refractivity contribution in [1.29, 1.82) is 0 Å². The topological polar surface area (TPSA) is 76.0 Å². The van der Waals surface area contributed by atoms with E-state index in [4.69, 9.17) is 9.16 Å². The number of Topliss-reactive ketones (excluding diaryl/α,β-unsaturated/α-hetero) is 1. The summed E-state index contributed by atoms with van der Waals surface area (Å²) in [5.74, 6) is 6.09. The second kappa shape index (κ2) is 18.1. The van der Waals surface area contributed by atoms with Crippen LogP contribution in [0.15, 0.2) is 36.4 Å². The maximum absolute atomic E-state index is 13.2. The number of rotatable bonds is 18. The van der Waals surface area contributed by atoms with Crippen LogP contribution in [0.3, 0.4) is 0 Å². The van der Waals surface area contributed by atoms with Gasteiger partial charge in [-0.1, -0.05) is 100 Å². The van der Waals surface area contributed by atoms with Crippen molar-refractivity contribution in [3.63, 3.8) is 0 Å². The molecule has 5 nitrogen and oxygen atoms in total. The third-order valence-electron chi connectivity index (χ3n) is 8.15. The van der Waals surface area contributed by atoms with Gasteiger partial charge in [-0.2, -0.15) is 0 Å². The minimum atomic E-state index is -1.82. The molecule has 0 aliphatic heterocycles. The quantitative estimate of drug-likeness (QED) is 0.0409. The highest BCUT2D eigenvalue weighted by Gasteiger charge is 2.36. The van der Waals surface area contributed by atoms with Crippen LogP contribution in [0.2, 0.25) is 18.1 Å². The van der Waals surface area contributed by atoms with Gasteiger partial charge in [0.25, 0.3) is 0 Å². The summed E-state index contributed by atoms with van der Waals surface area (Å²) in [6.45, 7) is 21.6.